The summed E-state index contributed by atoms with van der Waals surface area (Å²) < 4.78 is 37.2. The SMILES string of the molecule is Cc1ccc(/C=N\NC(=O)c2cccc(S(=O)(=O)N3CCOCC3)c2)o1. The molecule has 1 fully saturated rings. The number of morpholine rings is 1. The van der Waals surface area contributed by atoms with Crippen LogP contribution in [0.1, 0.15) is 21.9 Å². The Labute approximate surface area is 151 Å². The van der Waals surface area contributed by atoms with E-state index in [1.54, 1.807) is 19.1 Å². The van der Waals surface area contributed by atoms with Gasteiger partial charge in [0.1, 0.15) is 11.5 Å². The Balaban J connectivity index is 1.71. The molecule has 3 rings (SSSR count). The van der Waals surface area contributed by atoms with E-state index in [0.29, 0.717) is 32.1 Å². The number of hydrogen-bond donors (Lipinski definition) is 1. The number of rotatable bonds is 5. The summed E-state index contributed by atoms with van der Waals surface area (Å²) in [5.41, 5.74) is 2.56. The standard InChI is InChI=1S/C17H19N3O5S/c1-13-5-6-15(25-13)12-18-19-17(21)14-3-2-4-16(11-14)26(22,23)20-7-9-24-10-8-20/h2-6,11-12H,7-10H2,1H3,(H,19,21)/b18-12-. The molecular weight excluding hydrogens is 358 g/mol. The lowest BCUT2D eigenvalue weighted by Crippen LogP contribution is -2.40. The molecule has 0 saturated carbocycles. The van der Waals surface area contributed by atoms with Crippen LogP contribution >= 0.6 is 0 Å². The zero-order valence-corrected chi connectivity index (χ0v) is 15.0. The molecule has 0 aliphatic carbocycles. The number of ether oxygens (including phenoxy) is 1. The van der Waals surface area contributed by atoms with Gasteiger partial charge in [0, 0.05) is 18.7 Å². The van der Waals surface area contributed by atoms with Crippen LogP contribution in [0.15, 0.2) is 50.8 Å². The van der Waals surface area contributed by atoms with E-state index in [1.807, 2.05) is 0 Å². The molecule has 0 bridgehead atoms. The number of nitrogens with zero attached hydrogens (tertiary/aromatic N) is 2. The number of hydrogen-bond acceptors (Lipinski definition) is 6. The predicted octanol–water partition coefficient (Wildman–Crippen LogP) is 1.37. The quantitative estimate of drug-likeness (QED) is 0.626. The van der Waals surface area contributed by atoms with Gasteiger partial charge in [-0.2, -0.15) is 9.41 Å². The Bertz CT molecular complexity index is 914. The van der Waals surface area contributed by atoms with Gasteiger partial charge in [0.15, 0.2) is 0 Å². The lowest BCUT2D eigenvalue weighted by molar-refractivity contribution is 0.0730. The van der Waals surface area contributed by atoms with Crippen LogP contribution in [-0.4, -0.2) is 51.1 Å². The average molecular weight is 377 g/mol. The van der Waals surface area contributed by atoms with Gasteiger partial charge in [0.25, 0.3) is 5.91 Å². The van der Waals surface area contributed by atoms with Crippen molar-refractivity contribution in [1.82, 2.24) is 9.73 Å². The van der Waals surface area contributed by atoms with Crippen molar-refractivity contribution < 1.29 is 22.4 Å². The van der Waals surface area contributed by atoms with Crippen LogP contribution in [0, 0.1) is 6.92 Å². The van der Waals surface area contributed by atoms with Crippen LogP contribution in [0.4, 0.5) is 0 Å². The second-order valence-corrected chi connectivity index (χ2v) is 7.63. The average Bonchev–Trinajstić information content (AvgIpc) is 3.07. The summed E-state index contributed by atoms with van der Waals surface area (Å²) in [5, 5.41) is 3.82. The normalized spacial score (nSPS) is 16.0. The fourth-order valence-corrected chi connectivity index (χ4v) is 3.93. The van der Waals surface area contributed by atoms with Crippen LogP contribution in [-0.2, 0) is 14.8 Å². The number of benzene rings is 1. The highest BCUT2D eigenvalue weighted by Crippen LogP contribution is 2.18. The van der Waals surface area contributed by atoms with E-state index < -0.39 is 15.9 Å². The van der Waals surface area contributed by atoms with Gasteiger partial charge in [0.2, 0.25) is 10.0 Å². The molecule has 0 unspecified atom stereocenters. The van der Waals surface area contributed by atoms with E-state index in [2.05, 4.69) is 10.5 Å². The van der Waals surface area contributed by atoms with E-state index >= 15 is 0 Å². The number of carbonyl (C=O) groups excluding carboxylic acids is 1. The number of furan rings is 1. The first-order valence-electron chi connectivity index (χ1n) is 8.04. The number of hydrazone groups is 1. The second-order valence-electron chi connectivity index (χ2n) is 5.69. The summed E-state index contributed by atoms with van der Waals surface area (Å²) in [6, 6.07) is 9.37. The summed E-state index contributed by atoms with van der Waals surface area (Å²) in [6.45, 7) is 3.12. The first-order valence-corrected chi connectivity index (χ1v) is 9.48. The maximum Gasteiger partial charge on any atom is 0.271 e. The number of amides is 1. The van der Waals surface area contributed by atoms with Gasteiger partial charge in [-0.05, 0) is 37.3 Å². The Kier molecular flexibility index (Phi) is 5.50. The molecule has 2 heterocycles. The fraction of sp³-hybridized carbons (Fsp3) is 0.294. The van der Waals surface area contributed by atoms with Crippen molar-refractivity contribution >= 4 is 22.1 Å². The van der Waals surface area contributed by atoms with Crippen molar-refractivity contribution in [2.75, 3.05) is 26.3 Å². The molecule has 0 radical (unpaired) electrons. The molecule has 0 atom stereocenters. The molecular formula is C17H19N3O5S. The van der Waals surface area contributed by atoms with Crippen molar-refractivity contribution in [3.8, 4) is 0 Å². The third kappa shape index (κ3) is 4.18. The minimum atomic E-state index is -3.66. The Morgan fingerprint density at radius 1 is 1.23 bits per heavy atom. The van der Waals surface area contributed by atoms with E-state index in [4.69, 9.17) is 9.15 Å². The van der Waals surface area contributed by atoms with E-state index in [-0.39, 0.29) is 10.5 Å². The fourth-order valence-electron chi connectivity index (χ4n) is 2.48. The molecule has 1 aliphatic rings. The zero-order valence-electron chi connectivity index (χ0n) is 14.2. The van der Waals surface area contributed by atoms with Crippen molar-refractivity contribution in [2.24, 2.45) is 5.10 Å². The van der Waals surface area contributed by atoms with Gasteiger partial charge in [-0.3, -0.25) is 4.79 Å². The summed E-state index contributed by atoms with van der Waals surface area (Å²) >= 11 is 0. The molecule has 1 aromatic heterocycles. The number of carbonyl (C=O) groups is 1. The summed E-state index contributed by atoms with van der Waals surface area (Å²) in [5.74, 6) is 0.730. The molecule has 26 heavy (non-hydrogen) atoms. The van der Waals surface area contributed by atoms with Crippen LogP contribution in [0.5, 0.6) is 0 Å². The lowest BCUT2D eigenvalue weighted by Gasteiger charge is -2.26. The maximum atomic E-state index is 12.7. The number of nitrogens with one attached hydrogen (secondary N) is 1. The third-order valence-corrected chi connectivity index (χ3v) is 5.72. The van der Waals surface area contributed by atoms with E-state index in [0.717, 1.165) is 5.76 Å². The molecule has 1 N–H and O–H groups in total. The highest BCUT2D eigenvalue weighted by atomic mass is 32.2. The molecule has 1 aliphatic heterocycles. The summed E-state index contributed by atoms with van der Waals surface area (Å²) in [6.07, 6.45) is 1.37. The Morgan fingerprint density at radius 2 is 2.00 bits per heavy atom. The van der Waals surface area contributed by atoms with Crippen molar-refractivity contribution in [3.05, 3.63) is 53.5 Å². The van der Waals surface area contributed by atoms with Gasteiger partial charge < -0.3 is 9.15 Å². The highest BCUT2D eigenvalue weighted by Gasteiger charge is 2.26. The van der Waals surface area contributed by atoms with Crippen molar-refractivity contribution in [2.45, 2.75) is 11.8 Å². The van der Waals surface area contributed by atoms with Gasteiger partial charge >= 0.3 is 0 Å². The predicted molar refractivity (Wildman–Crippen MR) is 94.5 cm³/mol. The molecule has 2 aromatic rings. The number of aryl methyl sites for hydroxylation is 1. The van der Waals surface area contributed by atoms with Crippen LogP contribution in [0.25, 0.3) is 0 Å². The minimum Gasteiger partial charge on any atom is -0.460 e. The van der Waals surface area contributed by atoms with Crippen LogP contribution in [0.3, 0.4) is 0 Å². The Morgan fingerprint density at radius 3 is 2.69 bits per heavy atom. The summed E-state index contributed by atoms with van der Waals surface area (Å²) in [7, 11) is -3.66. The van der Waals surface area contributed by atoms with Gasteiger partial charge in [-0.1, -0.05) is 6.07 Å². The Hall–Kier alpha value is -2.49. The van der Waals surface area contributed by atoms with E-state index in [9.17, 15) is 13.2 Å². The monoisotopic (exact) mass is 377 g/mol. The zero-order chi connectivity index (χ0) is 18.6. The minimum absolute atomic E-state index is 0.0673. The highest BCUT2D eigenvalue weighted by molar-refractivity contribution is 7.89. The summed E-state index contributed by atoms with van der Waals surface area (Å²) in [4.78, 5) is 12.3. The van der Waals surface area contributed by atoms with Crippen LogP contribution in [0.2, 0.25) is 0 Å². The first-order chi connectivity index (χ1) is 12.5. The maximum absolute atomic E-state index is 12.7. The molecule has 1 aromatic carbocycles. The molecule has 138 valence electrons. The van der Waals surface area contributed by atoms with E-state index in [1.165, 1.54) is 34.8 Å². The smallest absolute Gasteiger partial charge is 0.271 e. The molecule has 8 nitrogen and oxygen atoms in total. The van der Waals surface area contributed by atoms with Gasteiger partial charge in [-0.15, -0.1) is 0 Å². The first kappa shape index (κ1) is 18.3. The lowest BCUT2D eigenvalue weighted by atomic mass is 10.2. The van der Waals surface area contributed by atoms with Gasteiger partial charge in [0.05, 0.1) is 24.3 Å². The van der Waals surface area contributed by atoms with Crippen molar-refractivity contribution in [3.63, 3.8) is 0 Å². The topological polar surface area (TPSA) is 101 Å². The second kappa shape index (κ2) is 7.81. The third-order valence-electron chi connectivity index (χ3n) is 3.82. The van der Waals surface area contributed by atoms with Crippen LogP contribution < -0.4 is 5.43 Å². The largest absolute Gasteiger partial charge is 0.460 e. The number of sulfonamides is 1. The van der Waals surface area contributed by atoms with Gasteiger partial charge in [-0.25, -0.2) is 13.8 Å². The van der Waals surface area contributed by atoms with Crippen molar-refractivity contribution in [1.29, 1.82) is 0 Å². The molecule has 9 heteroatoms. The molecule has 1 amide bonds. The molecule has 1 saturated heterocycles. The molecule has 0 spiro atoms.